The number of hydrogen-bond acceptors (Lipinski definition) is 4. The number of carbonyl (C=O) groups is 1. The molecule has 27 heavy (non-hydrogen) atoms. The highest BCUT2D eigenvalue weighted by atomic mass is 127. The number of amides is 1. The van der Waals surface area contributed by atoms with Crippen LogP contribution in [0.15, 0.2) is 4.99 Å². The predicted molar refractivity (Wildman–Crippen MR) is 121 cm³/mol. The molecule has 0 unspecified atom stereocenters. The van der Waals surface area contributed by atoms with Crippen molar-refractivity contribution in [1.29, 1.82) is 0 Å². The summed E-state index contributed by atoms with van der Waals surface area (Å²) >= 11 is 0. The van der Waals surface area contributed by atoms with E-state index in [1.54, 1.807) is 0 Å². The monoisotopic (exact) mass is 495 g/mol. The highest BCUT2D eigenvalue weighted by Crippen LogP contribution is 2.23. The van der Waals surface area contributed by atoms with E-state index < -0.39 is 0 Å². The van der Waals surface area contributed by atoms with Gasteiger partial charge < -0.3 is 20.7 Å². The number of halogens is 1. The fraction of sp³-hybridized carbons (Fsp3) is 0.895. The standard InChI is InChI=1S/C19H37N5O2.HI/c1-2-20-19(22-9-6-12-24-13-15-26-16-14-24)23-11-10-21-18(25)17-7-4-3-5-8-17;/h17H,2-16H2,1H3,(H,21,25)(H2,20,22,23);1H. The number of ether oxygens (including phenoxy) is 1. The molecule has 0 aromatic rings. The van der Waals surface area contributed by atoms with Gasteiger partial charge in [-0.3, -0.25) is 14.7 Å². The number of morpholine rings is 1. The summed E-state index contributed by atoms with van der Waals surface area (Å²) in [6, 6.07) is 0. The number of hydrogen-bond donors (Lipinski definition) is 3. The van der Waals surface area contributed by atoms with Gasteiger partial charge >= 0.3 is 0 Å². The van der Waals surface area contributed by atoms with Gasteiger partial charge in [-0.05, 0) is 26.2 Å². The first kappa shape index (κ1) is 24.4. The summed E-state index contributed by atoms with van der Waals surface area (Å²) in [5, 5.41) is 9.63. The van der Waals surface area contributed by atoms with Crippen LogP contribution in [0.1, 0.15) is 45.4 Å². The summed E-state index contributed by atoms with van der Waals surface area (Å²) in [6.45, 7) is 9.89. The molecule has 2 fully saturated rings. The molecular weight excluding hydrogens is 457 g/mol. The third-order valence-corrected chi connectivity index (χ3v) is 5.04. The SMILES string of the molecule is CCNC(=NCCCN1CCOCC1)NCCNC(=O)C1CCCCC1.I. The summed E-state index contributed by atoms with van der Waals surface area (Å²) in [5.41, 5.74) is 0. The Morgan fingerprint density at radius 2 is 1.78 bits per heavy atom. The molecule has 1 saturated carbocycles. The van der Waals surface area contributed by atoms with Gasteiger partial charge in [-0.25, -0.2) is 0 Å². The van der Waals surface area contributed by atoms with E-state index >= 15 is 0 Å². The van der Waals surface area contributed by atoms with Crippen molar-refractivity contribution in [2.75, 3.05) is 59.0 Å². The molecule has 0 aromatic heterocycles. The number of nitrogens with one attached hydrogen (secondary N) is 3. The zero-order chi connectivity index (χ0) is 18.5. The Hall–Kier alpha value is -0.610. The molecule has 0 aromatic carbocycles. The Morgan fingerprint density at radius 1 is 1.07 bits per heavy atom. The number of rotatable bonds is 9. The molecule has 7 nitrogen and oxygen atoms in total. The Kier molecular flexibility index (Phi) is 13.9. The van der Waals surface area contributed by atoms with Gasteiger partial charge in [0.25, 0.3) is 0 Å². The number of aliphatic imine (C=N–C) groups is 1. The van der Waals surface area contributed by atoms with E-state index in [1.165, 1.54) is 19.3 Å². The van der Waals surface area contributed by atoms with Crippen LogP contribution in [-0.4, -0.2) is 75.8 Å². The molecule has 1 heterocycles. The fourth-order valence-corrected chi connectivity index (χ4v) is 3.53. The van der Waals surface area contributed by atoms with Crippen LogP contribution in [0.5, 0.6) is 0 Å². The van der Waals surface area contributed by atoms with E-state index in [-0.39, 0.29) is 35.8 Å². The van der Waals surface area contributed by atoms with Crippen LogP contribution >= 0.6 is 24.0 Å². The van der Waals surface area contributed by atoms with Crippen LogP contribution in [0.3, 0.4) is 0 Å². The quantitative estimate of drug-likeness (QED) is 0.196. The molecule has 1 amide bonds. The Bertz CT molecular complexity index is 424. The van der Waals surface area contributed by atoms with E-state index in [0.717, 1.165) is 71.2 Å². The molecule has 8 heteroatoms. The van der Waals surface area contributed by atoms with Crippen LogP contribution in [-0.2, 0) is 9.53 Å². The molecule has 2 rings (SSSR count). The maximum absolute atomic E-state index is 12.1. The minimum atomic E-state index is 0. The van der Waals surface area contributed by atoms with Gasteiger partial charge in [-0.15, -0.1) is 24.0 Å². The van der Waals surface area contributed by atoms with Crippen LogP contribution in [0.25, 0.3) is 0 Å². The average molecular weight is 495 g/mol. The number of carbonyl (C=O) groups excluding carboxylic acids is 1. The second kappa shape index (κ2) is 15.3. The first-order valence-electron chi connectivity index (χ1n) is 10.4. The van der Waals surface area contributed by atoms with Gasteiger partial charge in [0, 0.05) is 51.7 Å². The van der Waals surface area contributed by atoms with Gasteiger partial charge in [-0.2, -0.15) is 0 Å². The third kappa shape index (κ3) is 10.5. The molecule has 0 atom stereocenters. The zero-order valence-corrected chi connectivity index (χ0v) is 19.1. The lowest BCUT2D eigenvalue weighted by molar-refractivity contribution is -0.125. The lowest BCUT2D eigenvalue weighted by Crippen LogP contribution is -2.42. The molecule has 3 N–H and O–H groups in total. The molecule has 0 radical (unpaired) electrons. The largest absolute Gasteiger partial charge is 0.379 e. The summed E-state index contributed by atoms with van der Waals surface area (Å²) < 4.78 is 5.37. The maximum atomic E-state index is 12.1. The smallest absolute Gasteiger partial charge is 0.223 e. The molecule has 1 aliphatic heterocycles. The predicted octanol–water partition coefficient (Wildman–Crippen LogP) is 1.58. The zero-order valence-electron chi connectivity index (χ0n) is 16.8. The fourth-order valence-electron chi connectivity index (χ4n) is 3.53. The lowest BCUT2D eigenvalue weighted by atomic mass is 9.89. The van der Waals surface area contributed by atoms with Crippen molar-refractivity contribution < 1.29 is 9.53 Å². The Balaban J connectivity index is 0.00000364. The van der Waals surface area contributed by atoms with Crippen molar-refractivity contribution >= 4 is 35.8 Å². The second-order valence-corrected chi connectivity index (χ2v) is 7.12. The summed E-state index contributed by atoms with van der Waals surface area (Å²) in [7, 11) is 0. The van der Waals surface area contributed by atoms with Gasteiger partial charge in [0.05, 0.1) is 13.2 Å². The highest BCUT2D eigenvalue weighted by Gasteiger charge is 2.20. The van der Waals surface area contributed by atoms with Crippen molar-refractivity contribution in [2.24, 2.45) is 10.9 Å². The third-order valence-electron chi connectivity index (χ3n) is 5.04. The molecular formula is C19H38IN5O2. The molecule has 0 spiro atoms. The van der Waals surface area contributed by atoms with Crippen molar-refractivity contribution in [2.45, 2.75) is 45.4 Å². The van der Waals surface area contributed by atoms with Crippen LogP contribution in [0, 0.1) is 5.92 Å². The van der Waals surface area contributed by atoms with Gasteiger partial charge in [0.1, 0.15) is 0 Å². The minimum absolute atomic E-state index is 0. The second-order valence-electron chi connectivity index (χ2n) is 7.12. The van der Waals surface area contributed by atoms with E-state index in [0.29, 0.717) is 13.1 Å². The minimum Gasteiger partial charge on any atom is -0.379 e. The Morgan fingerprint density at radius 3 is 2.48 bits per heavy atom. The summed E-state index contributed by atoms with van der Waals surface area (Å²) in [4.78, 5) is 19.2. The number of guanidine groups is 1. The summed E-state index contributed by atoms with van der Waals surface area (Å²) in [6.07, 6.45) is 6.81. The number of nitrogens with zero attached hydrogens (tertiary/aromatic N) is 2. The van der Waals surface area contributed by atoms with Gasteiger partial charge in [0.2, 0.25) is 5.91 Å². The van der Waals surface area contributed by atoms with Crippen LogP contribution in [0.4, 0.5) is 0 Å². The maximum Gasteiger partial charge on any atom is 0.223 e. The molecule has 1 saturated heterocycles. The first-order chi connectivity index (χ1) is 12.8. The van der Waals surface area contributed by atoms with Crippen molar-refractivity contribution in [3.05, 3.63) is 0 Å². The van der Waals surface area contributed by atoms with E-state index in [4.69, 9.17) is 4.74 Å². The van der Waals surface area contributed by atoms with Gasteiger partial charge in [-0.1, -0.05) is 19.3 Å². The molecule has 1 aliphatic carbocycles. The van der Waals surface area contributed by atoms with Crippen LogP contribution < -0.4 is 16.0 Å². The van der Waals surface area contributed by atoms with Crippen LogP contribution in [0.2, 0.25) is 0 Å². The summed E-state index contributed by atoms with van der Waals surface area (Å²) in [5.74, 6) is 1.28. The van der Waals surface area contributed by atoms with E-state index in [9.17, 15) is 4.79 Å². The normalized spacial score (nSPS) is 19.2. The van der Waals surface area contributed by atoms with Crippen molar-refractivity contribution in [1.82, 2.24) is 20.9 Å². The van der Waals surface area contributed by atoms with Crippen molar-refractivity contribution in [3.8, 4) is 0 Å². The molecule has 2 aliphatic rings. The highest BCUT2D eigenvalue weighted by molar-refractivity contribution is 14.0. The first-order valence-corrected chi connectivity index (χ1v) is 10.4. The average Bonchev–Trinajstić information content (AvgIpc) is 2.69. The van der Waals surface area contributed by atoms with Crippen molar-refractivity contribution in [3.63, 3.8) is 0 Å². The molecule has 158 valence electrons. The Labute approximate surface area is 181 Å². The molecule has 0 bridgehead atoms. The lowest BCUT2D eigenvalue weighted by Gasteiger charge is -2.26. The van der Waals surface area contributed by atoms with Gasteiger partial charge in [0.15, 0.2) is 5.96 Å². The van der Waals surface area contributed by atoms with E-state index in [1.807, 2.05) is 0 Å². The van der Waals surface area contributed by atoms with E-state index in [2.05, 4.69) is 32.8 Å². The topological polar surface area (TPSA) is 78.0 Å².